The molecule has 6 nitrogen and oxygen atoms in total. The summed E-state index contributed by atoms with van der Waals surface area (Å²) in [6, 6.07) is 1.82. The Bertz CT molecular complexity index is 384. The average molecular weight is 281 g/mol. The van der Waals surface area contributed by atoms with Crippen molar-refractivity contribution in [2.24, 2.45) is 5.84 Å². The molecule has 0 aliphatic rings. The fourth-order valence-electron chi connectivity index (χ4n) is 1.76. The average Bonchev–Trinajstić information content (AvgIpc) is 2.42. The third-order valence-electron chi connectivity index (χ3n) is 2.72. The number of nitrogens with one attached hydrogen (secondary N) is 2. The first-order valence-electron chi connectivity index (χ1n) is 7.35. The van der Waals surface area contributed by atoms with E-state index in [1.807, 2.05) is 6.07 Å². The first kappa shape index (κ1) is 16.7. The van der Waals surface area contributed by atoms with Gasteiger partial charge in [-0.2, -0.15) is 0 Å². The Morgan fingerprint density at radius 3 is 2.65 bits per heavy atom. The lowest BCUT2D eigenvalue weighted by Gasteiger charge is -2.10. The number of hydrogen-bond acceptors (Lipinski definition) is 6. The molecule has 0 atom stereocenters. The molecule has 1 aromatic heterocycles. The molecule has 0 radical (unpaired) electrons. The second kappa shape index (κ2) is 9.50. The van der Waals surface area contributed by atoms with Gasteiger partial charge < -0.3 is 15.5 Å². The Balaban J connectivity index is 2.36. The summed E-state index contributed by atoms with van der Waals surface area (Å²) in [5, 5.41) is 3.30. The molecule has 20 heavy (non-hydrogen) atoms. The van der Waals surface area contributed by atoms with Crippen LogP contribution in [0.15, 0.2) is 6.07 Å². The van der Waals surface area contributed by atoms with E-state index >= 15 is 0 Å². The van der Waals surface area contributed by atoms with Gasteiger partial charge in [0.1, 0.15) is 17.5 Å². The van der Waals surface area contributed by atoms with Crippen LogP contribution in [0.1, 0.15) is 45.9 Å². The van der Waals surface area contributed by atoms with Crippen LogP contribution in [0.4, 0.5) is 11.6 Å². The molecule has 0 saturated carbocycles. The third kappa shape index (κ3) is 6.68. The number of ether oxygens (including phenoxy) is 1. The van der Waals surface area contributed by atoms with Crippen LogP contribution in [0, 0.1) is 0 Å². The van der Waals surface area contributed by atoms with Crippen LogP contribution in [0.3, 0.4) is 0 Å². The lowest BCUT2D eigenvalue weighted by Crippen LogP contribution is -2.13. The van der Waals surface area contributed by atoms with E-state index in [4.69, 9.17) is 10.6 Å². The van der Waals surface area contributed by atoms with Crippen molar-refractivity contribution in [2.75, 3.05) is 23.9 Å². The van der Waals surface area contributed by atoms with Crippen molar-refractivity contribution in [3.8, 4) is 0 Å². The topological polar surface area (TPSA) is 85.1 Å². The van der Waals surface area contributed by atoms with Crippen LogP contribution in [-0.4, -0.2) is 29.2 Å². The van der Waals surface area contributed by atoms with E-state index in [1.54, 1.807) is 0 Å². The second-order valence-corrected chi connectivity index (χ2v) is 5.00. The summed E-state index contributed by atoms with van der Waals surface area (Å²) in [4.78, 5) is 8.78. The maximum absolute atomic E-state index is 5.50. The largest absolute Gasteiger partial charge is 0.379 e. The van der Waals surface area contributed by atoms with Gasteiger partial charge in [0.15, 0.2) is 0 Å². The first-order valence-corrected chi connectivity index (χ1v) is 7.35. The molecule has 1 rings (SSSR count). The quantitative estimate of drug-likeness (QED) is 0.347. The minimum atomic E-state index is 0.305. The summed E-state index contributed by atoms with van der Waals surface area (Å²) in [5.74, 6) is 7.70. The number of nitrogens with zero attached hydrogens (tertiary/aromatic N) is 2. The summed E-state index contributed by atoms with van der Waals surface area (Å²) in [5.41, 5.74) is 2.58. The standard InChI is InChI=1S/C14H27N5O/c1-4-7-12-17-13(10-14(18-12)19-15)16-8-5-6-9-20-11(2)3/h10-11H,4-9,15H2,1-3H3,(H2,16,17,18,19). The lowest BCUT2D eigenvalue weighted by molar-refractivity contribution is 0.0765. The number of unbranched alkanes of at least 4 members (excludes halogenated alkanes) is 1. The Hall–Kier alpha value is -1.40. The fourth-order valence-corrected chi connectivity index (χ4v) is 1.76. The highest BCUT2D eigenvalue weighted by molar-refractivity contribution is 5.46. The van der Waals surface area contributed by atoms with Crippen molar-refractivity contribution in [1.29, 1.82) is 0 Å². The van der Waals surface area contributed by atoms with Crippen molar-refractivity contribution < 1.29 is 4.74 Å². The molecule has 0 saturated heterocycles. The van der Waals surface area contributed by atoms with Gasteiger partial charge in [-0.3, -0.25) is 0 Å². The van der Waals surface area contributed by atoms with E-state index in [0.29, 0.717) is 11.9 Å². The van der Waals surface area contributed by atoms with Gasteiger partial charge in [0.25, 0.3) is 0 Å². The van der Waals surface area contributed by atoms with Gasteiger partial charge in [-0.1, -0.05) is 6.92 Å². The molecule has 0 aliphatic heterocycles. The molecule has 1 heterocycles. The van der Waals surface area contributed by atoms with Crippen LogP contribution < -0.4 is 16.6 Å². The molecule has 0 aromatic carbocycles. The summed E-state index contributed by atoms with van der Waals surface area (Å²) in [6.45, 7) is 7.88. The molecular weight excluding hydrogens is 254 g/mol. The van der Waals surface area contributed by atoms with Gasteiger partial charge in [-0.15, -0.1) is 0 Å². The van der Waals surface area contributed by atoms with E-state index in [1.165, 1.54) is 0 Å². The number of hydrogen-bond donors (Lipinski definition) is 3. The molecule has 0 spiro atoms. The summed E-state index contributed by atoms with van der Waals surface area (Å²) < 4.78 is 5.50. The maximum Gasteiger partial charge on any atom is 0.145 e. The predicted octanol–water partition coefficient (Wildman–Crippen LogP) is 2.33. The minimum Gasteiger partial charge on any atom is -0.379 e. The Morgan fingerprint density at radius 1 is 1.25 bits per heavy atom. The van der Waals surface area contributed by atoms with Gasteiger partial charge in [-0.05, 0) is 33.1 Å². The minimum absolute atomic E-state index is 0.305. The number of aryl methyl sites for hydroxylation is 1. The number of rotatable bonds is 10. The van der Waals surface area contributed by atoms with Gasteiger partial charge in [0.05, 0.1) is 6.10 Å². The van der Waals surface area contributed by atoms with Crippen LogP contribution >= 0.6 is 0 Å². The van der Waals surface area contributed by atoms with Gasteiger partial charge >= 0.3 is 0 Å². The molecule has 114 valence electrons. The zero-order valence-electron chi connectivity index (χ0n) is 12.8. The Kier molecular flexibility index (Phi) is 7.91. The first-order chi connectivity index (χ1) is 9.65. The van der Waals surface area contributed by atoms with E-state index in [9.17, 15) is 0 Å². The van der Waals surface area contributed by atoms with Gasteiger partial charge in [0, 0.05) is 25.6 Å². The van der Waals surface area contributed by atoms with Crippen molar-refractivity contribution >= 4 is 11.6 Å². The summed E-state index contributed by atoms with van der Waals surface area (Å²) >= 11 is 0. The van der Waals surface area contributed by atoms with E-state index < -0.39 is 0 Å². The van der Waals surface area contributed by atoms with Crippen molar-refractivity contribution in [3.05, 3.63) is 11.9 Å². The van der Waals surface area contributed by atoms with Crippen LogP contribution in [0.5, 0.6) is 0 Å². The molecular formula is C14H27N5O. The number of hydrazine groups is 1. The molecule has 6 heteroatoms. The Labute approximate surface area is 121 Å². The zero-order valence-corrected chi connectivity index (χ0v) is 12.8. The smallest absolute Gasteiger partial charge is 0.145 e. The highest BCUT2D eigenvalue weighted by Crippen LogP contribution is 2.11. The highest BCUT2D eigenvalue weighted by Gasteiger charge is 2.03. The SMILES string of the molecule is CCCc1nc(NN)cc(NCCCCOC(C)C)n1. The van der Waals surface area contributed by atoms with E-state index in [0.717, 1.165) is 50.5 Å². The second-order valence-electron chi connectivity index (χ2n) is 5.00. The Morgan fingerprint density at radius 2 is 2.00 bits per heavy atom. The van der Waals surface area contributed by atoms with Crippen molar-refractivity contribution in [2.45, 2.75) is 52.6 Å². The number of anilines is 2. The predicted molar refractivity (Wildman–Crippen MR) is 82.6 cm³/mol. The lowest BCUT2D eigenvalue weighted by atomic mass is 10.3. The molecule has 4 N–H and O–H groups in total. The molecule has 0 amide bonds. The normalized spacial score (nSPS) is 10.8. The van der Waals surface area contributed by atoms with E-state index in [2.05, 4.69) is 41.5 Å². The molecule has 0 aliphatic carbocycles. The van der Waals surface area contributed by atoms with Gasteiger partial charge in [-0.25, -0.2) is 15.8 Å². The molecule has 0 unspecified atom stereocenters. The summed E-state index contributed by atoms with van der Waals surface area (Å²) in [7, 11) is 0. The number of nitrogen functional groups attached to an aromatic ring is 1. The molecule has 0 bridgehead atoms. The van der Waals surface area contributed by atoms with Crippen LogP contribution in [-0.2, 0) is 11.2 Å². The summed E-state index contributed by atoms with van der Waals surface area (Å²) in [6.07, 6.45) is 4.26. The third-order valence-corrected chi connectivity index (χ3v) is 2.72. The van der Waals surface area contributed by atoms with Crippen molar-refractivity contribution in [1.82, 2.24) is 9.97 Å². The maximum atomic E-state index is 5.50. The monoisotopic (exact) mass is 281 g/mol. The molecule has 0 fully saturated rings. The highest BCUT2D eigenvalue weighted by atomic mass is 16.5. The van der Waals surface area contributed by atoms with E-state index in [-0.39, 0.29) is 0 Å². The fraction of sp³-hybridized carbons (Fsp3) is 0.714. The van der Waals surface area contributed by atoms with Crippen LogP contribution in [0.25, 0.3) is 0 Å². The number of nitrogens with two attached hydrogens (primary N) is 1. The van der Waals surface area contributed by atoms with Crippen molar-refractivity contribution in [3.63, 3.8) is 0 Å². The van der Waals surface area contributed by atoms with Gasteiger partial charge in [0.2, 0.25) is 0 Å². The number of aromatic nitrogens is 2. The van der Waals surface area contributed by atoms with Crippen LogP contribution in [0.2, 0.25) is 0 Å². The molecule has 1 aromatic rings. The zero-order chi connectivity index (χ0) is 14.8.